The topological polar surface area (TPSA) is 134 Å². The summed E-state index contributed by atoms with van der Waals surface area (Å²) >= 11 is 2.64. The van der Waals surface area contributed by atoms with Gasteiger partial charge in [0.25, 0.3) is 0 Å². The number of hydrogen-bond donors (Lipinski definition) is 3. The normalized spacial score (nSPS) is 11.0. The highest BCUT2D eigenvalue weighted by Crippen LogP contribution is 2.28. The molecule has 10 heteroatoms. The second-order valence-electron chi connectivity index (χ2n) is 6.61. The summed E-state index contributed by atoms with van der Waals surface area (Å²) in [5.74, 6) is 0.298. The van der Waals surface area contributed by atoms with Crippen LogP contribution in [0.15, 0.2) is 22.5 Å². The molecule has 0 bridgehead atoms. The van der Waals surface area contributed by atoms with Crippen LogP contribution in [0.5, 0.6) is 0 Å². The standard InChI is InChI=1S/C16H27N3O.C4H4N4S2/c1-5-7-10-19(12(3)6-2)14-8-9-15(17)16(11-14)18-13(4)20;5-1-2-9-4-8-7-3(6)10-4/h8-9,11-12H,5-7,10,17H2,1-4H3,(H,18,20);2H2,(H2,6,7). The van der Waals surface area contributed by atoms with Gasteiger partial charge in [0.15, 0.2) is 4.34 Å². The molecule has 1 atom stereocenters. The van der Waals surface area contributed by atoms with Gasteiger partial charge in [0, 0.05) is 25.2 Å². The molecule has 5 N–H and O–H groups in total. The Labute approximate surface area is 187 Å². The summed E-state index contributed by atoms with van der Waals surface area (Å²) in [7, 11) is 0. The van der Waals surface area contributed by atoms with Gasteiger partial charge < -0.3 is 21.7 Å². The van der Waals surface area contributed by atoms with Crippen LogP contribution in [-0.2, 0) is 4.79 Å². The van der Waals surface area contributed by atoms with Crippen LogP contribution >= 0.6 is 23.1 Å². The highest BCUT2D eigenvalue weighted by Gasteiger charge is 2.14. The fourth-order valence-corrected chi connectivity index (χ4v) is 3.84. The molecule has 0 aliphatic rings. The SMILES string of the molecule is CCCCN(c1ccc(N)c(NC(C)=O)c1)C(C)CC.N#CCSc1nnc(N)s1. The Morgan fingerprint density at radius 2 is 2.10 bits per heavy atom. The molecule has 0 fully saturated rings. The van der Waals surface area contributed by atoms with Crippen molar-refractivity contribution in [3.63, 3.8) is 0 Å². The van der Waals surface area contributed by atoms with E-state index in [0.29, 0.717) is 28.3 Å². The molecule has 0 aliphatic carbocycles. The molecule has 0 aliphatic heterocycles. The first kappa shape index (κ1) is 25.5. The van der Waals surface area contributed by atoms with E-state index in [1.54, 1.807) is 0 Å². The van der Waals surface area contributed by atoms with Crippen LogP contribution in [0.1, 0.15) is 47.0 Å². The summed E-state index contributed by atoms with van der Waals surface area (Å²) in [6, 6.07) is 8.32. The average Bonchev–Trinajstić information content (AvgIpc) is 3.14. The van der Waals surface area contributed by atoms with Crippen molar-refractivity contribution < 1.29 is 4.79 Å². The number of anilines is 4. The maximum atomic E-state index is 11.2. The first-order chi connectivity index (χ1) is 14.3. The van der Waals surface area contributed by atoms with E-state index in [1.807, 2.05) is 24.3 Å². The number of nitrogens with two attached hydrogens (primary N) is 2. The van der Waals surface area contributed by atoms with Crippen LogP contribution < -0.4 is 21.7 Å². The molecule has 0 saturated heterocycles. The van der Waals surface area contributed by atoms with Gasteiger partial charge in [-0.2, -0.15) is 5.26 Å². The van der Waals surface area contributed by atoms with Gasteiger partial charge in [0.2, 0.25) is 11.0 Å². The van der Waals surface area contributed by atoms with E-state index >= 15 is 0 Å². The van der Waals surface area contributed by atoms with Crippen molar-refractivity contribution >= 4 is 51.2 Å². The van der Waals surface area contributed by atoms with Crippen LogP contribution in [0.3, 0.4) is 0 Å². The quantitative estimate of drug-likeness (QED) is 0.379. The zero-order valence-corrected chi connectivity index (χ0v) is 19.6. The minimum absolute atomic E-state index is 0.0995. The summed E-state index contributed by atoms with van der Waals surface area (Å²) in [6.45, 7) is 9.13. The molecule has 1 aromatic carbocycles. The summed E-state index contributed by atoms with van der Waals surface area (Å²) in [5.41, 5.74) is 13.6. The number of unbranched alkanes of at least 4 members (excludes halogenated alkanes) is 1. The van der Waals surface area contributed by atoms with Gasteiger partial charge >= 0.3 is 0 Å². The Bertz CT molecular complexity index is 835. The molecule has 8 nitrogen and oxygen atoms in total. The van der Waals surface area contributed by atoms with Crippen LogP contribution in [0.4, 0.5) is 22.2 Å². The molecule has 30 heavy (non-hydrogen) atoms. The van der Waals surface area contributed by atoms with Crippen LogP contribution in [0.2, 0.25) is 0 Å². The van der Waals surface area contributed by atoms with Crippen LogP contribution in [-0.4, -0.2) is 34.4 Å². The van der Waals surface area contributed by atoms with Gasteiger partial charge in [-0.25, -0.2) is 0 Å². The minimum atomic E-state index is -0.0995. The molecular formula is C20H31N7OS2. The zero-order chi connectivity index (χ0) is 22.5. The Hall–Kier alpha value is -2.51. The predicted molar refractivity (Wildman–Crippen MR) is 128 cm³/mol. The lowest BCUT2D eigenvalue weighted by Gasteiger charge is -2.31. The number of benzene rings is 1. The van der Waals surface area contributed by atoms with Crippen molar-refractivity contribution in [2.24, 2.45) is 0 Å². The molecule has 0 saturated carbocycles. The molecule has 1 heterocycles. The lowest BCUT2D eigenvalue weighted by Crippen LogP contribution is -2.33. The van der Waals surface area contributed by atoms with Gasteiger partial charge in [-0.05, 0) is 38.0 Å². The Morgan fingerprint density at radius 1 is 1.37 bits per heavy atom. The summed E-state index contributed by atoms with van der Waals surface area (Å²) in [5, 5.41) is 18.7. The van der Waals surface area contributed by atoms with Crippen molar-refractivity contribution in [1.29, 1.82) is 5.26 Å². The van der Waals surface area contributed by atoms with Crippen molar-refractivity contribution in [2.75, 3.05) is 34.0 Å². The van der Waals surface area contributed by atoms with E-state index in [1.165, 1.54) is 36.4 Å². The largest absolute Gasteiger partial charge is 0.397 e. The van der Waals surface area contributed by atoms with Gasteiger partial charge in [-0.3, -0.25) is 4.79 Å². The third-order valence-corrected chi connectivity index (χ3v) is 5.99. The third kappa shape index (κ3) is 8.88. The Morgan fingerprint density at radius 3 is 2.63 bits per heavy atom. The number of hydrogen-bond acceptors (Lipinski definition) is 9. The van der Waals surface area contributed by atoms with Gasteiger partial charge in [0.1, 0.15) is 0 Å². The monoisotopic (exact) mass is 449 g/mol. The predicted octanol–water partition coefficient (Wildman–Crippen LogP) is 4.37. The number of rotatable bonds is 9. The Balaban J connectivity index is 0.000000375. The number of aromatic nitrogens is 2. The number of nitriles is 1. The fourth-order valence-electron chi connectivity index (χ4n) is 2.55. The first-order valence-electron chi connectivity index (χ1n) is 9.84. The molecule has 164 valence electrons. The van der Waals surface area contributed by atoms with E-state index in [2.05, 4.69) is 41.2 Å². The summed E-state index contributed by atoms with van der Waals surface area (Å²) in [4.78, 5) is 13.6. The summed E-state index contributed by atoms with van der Waals surface area (Å²) in [6.07, 6.45) is 3.41. The van der Waals surface area contributed by atoms with E-state index in [4.69, 9.17) is 16.7 Å². The van der Waals surface area contributed by atoms with Gasteiger partial charge in [-0.1, -0.05) is 43.4 Å². The number of nitrogens with zero attached hydrogens (tertiary/aromatic N) is 4. The fraction of sp³-hybridized carbons (Fsp3) is 0.500. The second-order valence-corrected chi connectivity index (χ2v) is 8.84. The molecule has 1 amide bonds. The highest BCUT2D eigenvalue weighted by molar-refractivity contribution is 8.01. The molecule has 2 aromatic rings. The number of nitrogen functional groups attached to an aromatic ring is 2. The zero-order valence-electron chi connectivity index (χ0n) is 18.0. The van der Waals surface area contributed by atoms with Crippen LogP contribution in [0.25, 0.3) is 0 Å². The minimum Gasteiger partial charge on any atom is -0.397 e. The highest BCUT2D eigenvalue weighted by atomic mass is 32.2. The molecule has 0 radical (unpaired) electrons. The summed E-state index contributed by atoms with van der Waals surface area (Å²) < 4.78 is 0.749. The van der Waals surface area contributed by atoms with Crippen molar-refractivity contribution in [1.82, 2.24) is 10.2 Å². The smallest absolute Gasteiger partial charge is 0.221 e. The van der Waals surface area contributed by atoms with Crippen LogP contribution in [0, 0.1) is 11.3 Å². The van der Waals surface area contributed by atoms with E-state index < -0.39 is 0 Å². The lowest BCUT2D eigenvalue weighted by atomic mass is 10.1. The molecule has 1 unspecified atom stereocenters. The number of thioether (sulfide) groups is 1. The van der Waals surface area contributed by atoms with Gasteiger partial charge in [0.05, 0.1) is 23.2 Å². The molecule has 0 spiro atoms. The number of carbonyl (C=O) groups is 1. The van der Waals surface area contributed by atoms with Gasteiger partial charge in [-0.15, -0.1) is 10.2 Å². The molecular weight excluding hydrogens is 418 g/mol. The average molecular weight is 450 g/mol. The lowest BCUT2D eigenvalue weighted by molar-refractivity contribution is -0.114. The number of nitrogens with one attached hydrogen (secondary N) is 1. The van der Waals surface area contributed by atoms with Crippen molar-refractivity contribution in [3.8, 4) is 6.07 Å². The Kier molecular flexibility index (Phi) is 11.6. The third-order valence-electron chi connectivity index (χ3n) is 4.24. The van der Waals surface area contributed by atoms with E-state index in [-0.39, 0.29) is 5.91 Å². The van der Waals surface area contributed by atoms with Crippen molar-refractivity contribution in [3.05, 3.63) is 18.2 Å². The molecule has 2 rings (SSSR count). The first-order valence-corrected chi connectivity index (χ1v) is 11.6. The van der Waals surface area contributed by atoms with E-state index in [0.717, 1.165) is 29.4 Å². The van der Waals surface area contributed by atoms with Crippen molar-refractivity contribution in [2.45, 2.75) is 57.3 Å². The van der Waals surface area contributed by atoms with E-state index in [9.17, 15) is 4.79 Å². The number of amides is 1. The maximum absolute atomic E-state index is 11.2. The second kappa shape index (κ2) is 13.7. The number of carbonyl (C=O) groups excluding carboxylic acids is 1. The maximum Gasteiger partial charge on any atom is 0.221 e. The molecule has 1 aromatic heterocycles.